The number of alkyl halides is 1. The van der Waals surface area contributed by atoms with Gasteiger partial charge in [-0.1, -0.05) is 29.8 Å². The number of nitriles is 1. The van der Waals surface area contributed by atoms with E-state index in [-0.39, 0.29) is 11.8 Å². The fraction of sp³-hybridized carbons (Fsp3) is 0.576. The highest BCUT2D eigenvalue weighted by Crippen LogP contribution is 2.51. The maximum absolute atomic E-state index is 14.0. The number of carbonyl (C=O) groups excluding carboxylic acids is 1. The summed E-state index contributed by atoms with van der Waals surface area (Å²) in [5.74, 6) is 1.02. The number of hydrogen-bond acceptors (Lipinski definition) is 7. The van der Waals surface area contributed by atoms with Crippen molar-refractivity contribution >= 4 is 28.9 Å². The van der Waals surface area contributed by atoms with Crippen molar-refractivity contribution in [3.05, 3.63) is 51.7 Å². The molecule has 1 aromatic heterocycles. The van der Waals surface area contributed by atoms with Gasteiger partial charge in [0.2, 0.25) is 0 Å². The molecule has 226 valence electrons. The van der Waals surface area contributed by atoms with E-state index in [2.05, 4.69) is 34.9 Å². The zero-order chi connectivity index (χ0) is 29.9. The Balaban J connectivity index is 1.22. The van der Waals surface area contributed by atoms with Gasteiger partial charge in [0.25, 0.3) is 5.91 Å². The zero-order valence-electron chi connectivity index (χ0n) is 24.9. The van der Waals surface area contributed by atoms with E-state index >= 15 is 0 Å². The molecule has 6 atom stereocenters. The van der Waals surface area contributed by atoms with E-state index < -0.39 is 18.1 Å². The number of allylic oxidation sites excluding steroid dienone is 2. The molecule has 2 aliphatic carbocycles. The highest BCUT2D eigenvalue weighted by Gasteiger charge is 2.44. The number of piperidine rings is 1. The maximum atomic E-state index is 14.0. The first-order valence-electron chi connectivity index (χ1n) is 15.6. The molecule has 0 radical (unpaired) electrons. The minimum Gasteiger partial charge on any atom is -0.462 e. The van der Waals surface area contributed by atoms with Crippen LogP contribution in [-0.4, -0.2) is 83.3 Å². The Morgan fingerprint density at radius 3 is 2.86 bits per heavy atom. The lowest BCUT2D eigenvalue weighted by Crippen LogP contribution is -2.57. The van der Waals surface area contributed by atoms with Gasteiger partial charge in [-0.3, -0.25) is 9.69 Å². The third-order valence-electron chi connectivity index (χ3n) is 10.4. The van der Waals surface area contributed by atoms with Gasteiger partial charge >= 0.3 is 6.01 Å². The predicted octanol–water partition coefficient (Wildman–Crippen LogP) is 4.74. The number of benzene rings is 1. The van der Waals surface area contributed by atoms with Crippen LogP contribution in [0.25, 0.3) is 5.57 Å². The van der Waals surface area contributed by atoms with Crippen molar-refractivity contribution in [2.45, 2.75) is 76.0 Å². The number of hydrogen-bond donors (Lipinski definition) is 0. The summed E-state index contributed by atoms with van der Waals surface area (Å²) >= 11 is 6.67. The molecular weight excluding hydrogens is 567 g/mol. The van der Waals surface area contributed by atoms with Gasteiger partial charge in [0, 0.05) is 54.6 Å². The molecule has 8 nitrogen and oxygen atoms in total. The number of anilines is 1. The number of halogens is 2. The molecule has 3 aliphatic heterocycles. The van der Waals surface area contributed by atoms with Crippen molar-refractivity contribution < 1.29 is 13.9 Å². The van der Waals surface area contributed by atoms with Crippen molar-refractivity contribution in [1.29, 1.82) is 5.26 Å². The van der Waals surface area contributed by atoms with E-state index in [1.807, 2.05) is 12.1 Å². The monoisotopic (exact) mass is 604 g/mol. The minimum absolute atomic E-state index is 0.134. The lowest BCUT2D eigenvalue weighted by molar-refractivity contribution is -0.138. The lowest BCUT2D eigenvalue weighted by atomic mass is 9.70. The second-order valence-corrected chi connectivity index (χ2v) is 13.4. The van der Waals surface area contributed by atoms with Crippen LogP contribution < -0.4 is 9.64 Å². The molecule has 3 fully saturated rings. The first-order chi connectivity index (χ1) is 20.8. The summed E-state index contributed by atoms with van der Waals surface area (Å²) in [6, 6.07) is 8.74. The molecule has 5 aliphatic rings. The number of ether oxygens (including phenoxy) is 1. The fourth-order valence-electron chi connectivity index (χ4n) is 8.33. The molecule has 2 bridgehead atoms. The number of piperazine rings is 1. The van der Waals surface area contributed by atoms with Crippen LogP contribution in [0.3, 0.4) is 0 Å². The van der Waals surface area contributed by atoms with Gasteiger partial charge in [0.1, 0.15) is 12.4 Å². The van der Waals surface area contributed by atoms with Gasteiger partial charge in [0.15, 0.2) is 6.17 Å². The normalized spacial score (nSPS) is 29.7. The predicted molar refractivity (Wildman–Crippen MR) is 163 cm³/mol. The molecule has 1 amide bonds. The zero-order valence-corrected chi connectivity index (χ0v) is 25.6. The topological polar surface area (TPSA) is 85.6 Å². The Kier molecular flexibility index (Phi) is 7.33. The summed E-state index contributed by atoms with van der Waals surface area (Å²) in [5.41, 5.74) is 5.46. The van der Waals surface area contributed by atoms with Crippen molar-refractivity contribution in [3.63, 3.8) is 0 Å². The van der Waals surface area contributed by atoms with Crippen LogP contribution in [0.2, 0.25) is 5.02 Å². The van der Waals surface area contributed by atoms with Gasteiger partial charge in [0.05, 0.1) is 24.2 Å². The maximum Gasteiger partial charge on any atom is 0.318 e. The largest absolute Gasteiger partial charge is 0.462 e. The number of amides is 1. The number of nitrogens with zero attached hydrogens (tertiary/aromatic N) is 6. The molecule has 4 heterocycles. The number of carbonyl (C=O) groups is 1. The van der Waals surface area contributed by atoms with E-state index in [4.69, 9.17) is 26.3 Å². The van der Waals surface area contributed by atoms with Gasteiger partial charge in [-0.25, -0.2) is 4.39 Å². The Morgan fingerprint density at radius 2 is 2.12 bits per heavy atom. The van der Waals surface area contributed by atoms with E-state index in [0.717, 1.165) is 72.4 Å². The second kappa shape index (κ2) is 11.0. The summed E-state index contributed by atoms with van der Waals surface area (Å²) in [6.45, 7) is 7.49. The van der Waals surface area contributed by atoms with Gasteiger partial charge in [-0.05, 0) is 74.8 Å². The molecule has 2 aromatic rings. The van der Waals surface area contributed by atoms with Crippen molar-refractivity contribution in [2.75, 3.05) is 44.2 Å². The van der Waals surface area contributed by atoms with Crippen LogP contribution in [0.5, 0.6) is 6.01 Å². The van der Waals surface area contributed by atoms with Gasteiger partial charge < -0.3 is 14.5 Å². The minimum atomic E-state index is -1.60. The Labute approximate surface area is 257 Å². The molecule has 10 heteroatoms. The smallest absolute Gasteiger partial charge is 0.318 e. The molecule has 0 saturated carbocycles. The summed E-state index contributed by atoms with van der Waals surface area (Å²) in [5, 5.41) is 10.3. The molecule has 1 aromatic carbocycles. The molecule has 3 saturated heterocycles. The summed E-state index contributed by atoms with van der Waals surface area (Å²) in [6.07, 6.45) is 5.73. The van der Waals surface area contributed by atoms with E-state index in [9.17, 15) is 14.4 Å². The molecule has 43 heavy (non-hydrogen) atoms. The van der Waals surface area contributed by atoms with Crippen LogP contribution in [0.15, 0.2) is 24.3 Å². The van der Waals surface area contributed by atoms with Crippen LogP contribution in [0.4, 0.5) is 10.2 Å². The molecule has 0 N–H and O–H groups in total. The second-order valence-electron chi connectivity index (χ2n) is 13.0. The average Bonchev–Trinajstić information content (AvgIpc) is 3.69. The Morgan fingerprint density at radius 1 is 1.26 bits per heavy atom. The lowest BCUT2D eigenvalue weighted by Gasteiger charge is -2.43. The van der Waals surface area contributed by atoms with Crippen molar-refractivity contribution in [2.24, 2.45) is 5.92 Å². The van der Waals surface area contributed by atoms with Crippen LogP contribution in [0.1, 0.15) is 61.9 Å². The number of rotatable bonds is 6. The highest BCUT2D eigenvalue weighted by atomic mass is 35.5. The van der Waals surface area contributed by atoms with Crippen LogP contribution in [0, 0.1) is 17.2 Å². The number of aromatic nitrogens is 2. The quantitative estimate of drug-likeness (QED) is 0.471. The molecule has 1 spiro atoms. The number of fused-ring (bicyclic) bond motifs is 5. The van der Waals surface area contributed by atoms with Crippen LogP contribution in [-0.2, 0) is 23.1 Å². The summed E-state index contributed by atoms with van der Waals surface area (Å²) in [4.78, 5) is 28.9. The standard InChI is InChI=1S/C33H38ClFN6O2/c1-20-15-33(26-4-3-5-27(34)29(20)26)9-6-25-28(16-33)37-32(43-19-24-14-22-8-11-39(24)17-22)38-30(25)40-12-13-41(31(42)21(2)35)23(18-40)7-10-36/h3-5,15,21-24H,6-9,11-14,16-19H2,1-2H3/t21?,22?,23-,24-,33+/m0/s1. The third kappa shape index (κ3) is 4.97. The molecule has 7 rings (SSSR count). The fourth-order valence-corrected chi connectivity index (χ4v) is 8.65. The van der Waals surface area contributed by atoms with Crippen molar-refractivity contribution in [1.82, 2.24) is 19.8 Å². The third-order valence-corrected chi connectivity index (χ3v) is 10.7. The first-order valence-corrected chi connectivity index (χ1v) is 16.0. The summed E-state index contributed by atoms with van der Waals surface area (Å²) < 4.78 is 20.4. The average molecular weight is 605 g/mol. The van der Waals surface area contributed by atoms with Crippen LogP contribution >= 0.6 is 11.6 Å². The van der Waals surface area contributed by atoms with Gasteiger partial charge in [-0.15, -0.1) is 0 Å². The van der Waals surface area contributed by atoms with E-state index in [1.165, 1.54) is 29.4 Å². The molecular formula is C33H38ClFN6O2. The molecule has 3 unspecified atom stereocenters. The summed E-state index contributed by atoms with van der Waals surface area (Å²) in [7, 11) is 0. The first kappa shape index (κ1) is 28.5. The Hall–Kier alpha value is -3.22. The highest BCUT2D eigenvalue weighted by molar-refractivity contribution is 6.32. The van der Waals surface area contributed by atoms with E-state index in [1.54, 1.807) is 0 Å². The Bertz CT molecular complexity index is 1520. The SMILES string of the molecule is CC1=C[C@@]2(CCc3c(nc(OC[C@@H]4CC5CCN4C5)nc3N3CCN(C(=O)C(C)F)[C@@H](CC#N)C3)C2)c2cccc(Cl)c21. The van der Waals surface area contributed by atoms with Gasteiger partial charge in [-0.2, -0.15) is 15.2 Å². The van der Waals surface area contributed by atoms with E-state index in [0.29, 0.717) is 38.3 Å². The van der Waals surface area contributed by atoms with Crippen molar-refractivity contribution in [3.8, 4) is 12.1 Å².